The highest BCUT2D eigenvalue weighted by Crippen LogP contribution is 2.26. The first-order valence-corrected chi connectivity index (χ1v) is 5.92. The molecule has 1 unspecified atom stereocenters. The molecule has 0 saturated carbocycles. The minimum absolute atomic E-state index is 0.0222. The van der Waals surface area contributed by atoms with E-state index in [1.807, 2.05) is 0 Å². The number of carbonyl (C=O) groups is 1. The van der Waals surface area contributed by atoms with E-state index in [0.29, 0.717) is 5.92 Å². The second-order valence-electron chi connectivity index (χ2n) is 5.78. The predicted octanol–water partition coefficient (Wildman–Crippen LogP) is 3.92. The van der Waals surface area contributed by atoms with Crippen LogP contribution in [0, 0.1) is 5.92 Å². The maximum atomic E-state index is 11.0. The lowest BCUT2D eigenvalue weighted by Crippen LogP contribution is -2.12. The Kier molecular flexibility index (Phi) is 3.90. The Balaban J connectivity index is 2.98. The molecule has 1 aromatic rings. The number of carbonyl (C=O) groups excluding carboxylic acids is 1. The highest BCUT2D eigenvalue weighted by atomic mass is 16.1. The monoisotopic (exact) mass is 218 g/mol. The maximum absolute atomic E-state index is 11.0. The Morgan fingerprint density at radius 3 is 1.88 bits per heavy atom. The highest BCUT2D eigenvalue weighted by Gasteiger charge is 2.17. The van der Waals surface area contributed by atoms with E-state index in [1.54, 1.807) is 0 Å². The van der Waals surface area contributed by atoms with Gasteiger partial charge in [0.15, 0.2) is 0 Å². The standard InChI is InChI=1S/C15H22O/c1-11(2)14(10-16)12-6-8-13(9-7-12)15(3,4)5/h6-11,14H,1-5H3. The highest BCUT2D eigenvalue weighted by molar-refractivity contribution is 5.62. The second-order valence-corrected chi connectivity index (χ2v) is 5.78. The average molecular weight is 218 g/mol. The van der Waals surface area contributed by atoms with Crippen LogP contribution in [0.15, 0.2) is 24.3 Å². The Morgan fingerprint density at radius 2 is 1.56 bits per heavy atom. The molecule has 0 radical (unpaired) electrons. The summed E-state index contributed by atoms with van der Waals surface area (Å²) in [5.74, 6) is 0.381. The van der Waals surface area contributed by atoms with Crippen molar-refractivity contribution in [2.75, 3.05) is 0 Å². The summed E-state index contributed by atoms with van der Waals surface area (Å²) < 4.78 is 0. The van der Waals surface area contributed by atoms with Crippen LogP contribution in [-0.2, 0) is 10.2 Å². The van der Waals surface area contributed by atoms with Gasteiger partial charge in [-0.1, -0.05) is 58.9 Å². The van der Waals surface area contributed by atoms with Crippen LogP contribution in [0.5, 0.6) is 0 Å². The van der Waals surface area contributed by atoms with Gasteiger partial charge < -0.3 is 4.79 Å². The molecule has 0 saturated heterocycles. The fourth-order valence-corrected chi connectivity index (χ4v) is 1.83. The first kappa shape index (κ1) is 13.0. The summed E-state index contributed by atoms with van der Waals surface area (Å²) in [5.41, 5.74) is 2.61. The molecule has 0 aliphatic heterocycles. The van der Waals surface area contributed by atoms with Gasteiger partial charge in [0.2, 0.25) is 0 Å². The van der Waals surface area contributed by atoms with Crippen molar-refractivity contribution in [2.24, 2.45) is 5.92 Å². The molecule has 0 fully saturated rings. The van der Waals surface area contributed by atoms with Gasteiger partial charge in [0.25, 0.3) is 0 Å². The summed E-state index contributed by atoms with van der Waals surface area (Å²) in [5, 5.41) is 0. The molecule has 0 heterocycles. The topological polar surface area (TPSA) is 17.1 Å². The molecule has 1 rings (SSSR count). The Morgan fingerprint density at radius 1 is 1.06 bits per heavy atom. The van der Waals surface area contributed by atoms with Crippen LogP contribution in [0.1, 0.15) is 51.7 Å². The molecule has 88 valence electrons. The Bertz CT molecular complexity index is 341. The van der Waals surface area contributed by atoms with Crippen LogP contribution in [0.2, 0.25) is 0 Å². The summed E-state index contributed by atoms with van der Waals surface area (Å²) in [7, 11) is 0. The summed E-state index contributed by atoms with van der Waals surface area (Å²) >= 11 is 0. The molecule has 1 atom stereocenters. The van der Waals surface area contributed by atoms with Gasteiger partial charge in [0, 0.05) is 5.92 Å². The van der Waals surface area contributed by atoms with Gasteiger partial charge in [-0.3, -0.25) is 0 Å². The third-order valence-electron chi connectivity index (χ3n) is 3.03. The van der Waals surface area contributed by atoms with Gasteiger partial charge in [-0.2, -0.15) is 0 Å². The third-order valence-corrected chi connectivity index (χ3v) is 3.03. The molecule has 0 aliphatic carbocycles. The minimum Gasteiger partial charge on any atom is -0.303 e. The molecule has 16 heavy (non-hydrogen) atoms. The van der Waals surface area contributed by atoms with Gasteiger partial charge in [-0.05, 0) is 22.5 Å². The Hall–Kier alpha value is -1.11. The lowest BCUT2D eigenvalue weighted by atomic mass is 9.84. The van der Waals surface area contributed by atoms with Crippen molar-refractivity contribution in [3.8, 4) is 0 Å². The first-order valence-electron chi connectivity index (χ1n) is 5.92. The maximum Gasteiger partial charge on any atom is 0.127 e. The molecule has 1 nitrogen and oxygen atoms in total. The van der Waals surface area contributed by atoms with Crippen molar-refractivity contribution in [1.82, 2.24) is 0 Å². The van der Waals surface area contributed by atoms with Crippen LogP contribution in [0.4, 0.5) is 0 Å². The van der Waals surface area contributed by atoms with E-state index in [4.69, 9.17) is 0 Å². The molecule has 0 aliphatic rings. The van der Waals surface area contributed by atoms with E-state index >= 15 is 0 Å². The van der Waals surface area contributed by atoms with Crippen molar-refractivity contribution in [1.29, 1.82) is 0 Å². The molecule has 0 aromatic heterocycles. The smallest absolute Gasteiger partial charge is 0.127 e. The van der Waals surface area contributed by atoms with E-state index in [9.17, 15) is 4.79 Å². The quantitative estimate of drug-likeness (QED) is 0.703. The summed E-state index contributed by atoms with van der Waals surface area (Å²) in [6.07, 6.45) is 1.05. The van der Waals surface area contributed by atoms with Crippen LogP contribution < -0.4 is 0 Å². The fourth-order valence-electron chi connectivity index (χ4n) is 1.83. The summed E-state index contributed by atoms with van der Waals surface area (Å²) in [6, 6.07) is 8.43. The van der Waals surface area contributed by atoms with Crippen LogP contribution in [-0.4, -0.2) is 6.29 Å². The van der Waals surface area contributed by atoms with Crippen molar-refractivity contribution in [3.05, 3.63) is 35.4 Å². The molecule has 0 spiro atoms. The van der Waals surface area contributed by atoms with Gasteiger partial charge in [-0.25, -0.2) is 0 Å². The largest absolute Gasteiger partial charge is 0.303 e. The van der Waals surface area contributed by atoms with Crippen molar-refractivity contribution >= 4 is 6.29 Å². The molecule has 1 aromatic carbocycles. The van der Waals surface area contributed by atoms with Crippen molar-refractivity contribution in [3.63, 3.8) is 0 Å². The number of aldehydes is 1. The van der Waals surface area contributed by atoms with E-state index in [2.05, 4.69) is 58.9 Å². The zero-order valence-corrected chi connectivity index (χ0v) is 10.9. The number of hydrogen-bond acceptors (Lipinski definition) is 1. The van der Waals surface area contributed by atoms with Crippen LogP contribution in [0.3, 0.4) is 0 Å². The second kappa shape index (κ2) is 4.82. The van der Waals surface area contributed by atoms with Gasteiger partial charge in [0.1, 0.15) is 6.29 Å². The van der Waals surface area contributed by atoms with Gasteiger partial charge in [-0.15, -0.1) is 0 Å². The van der Waals surface area contributed by atoms with Crippen LogP contribution >= 0.6 is 0 Å². The molecular formula is C15H22O. The molecule has 0 bridgehead atoms. The fraction of sp³-hybridized carbons (Fsp3) is 0.533. The van der Waals surface area contributed by atoms with E-state index in [0.717, 1.165) is 11.8 Å². The molecular weight excluding hydrogens is 196 g/mol. The zero-order chi connectivity index (χ0) is 12.3. The summed E-state index contributed by atoms with van der Waals surface area (Å²) in [6.45, 7) is 10.7. The number of hydrogen-bond donors (Lipinski definition) is 0. The third kappa shape index (κ3) is 2.94. The zero-order valence-electron chi connectivity index (χ0n) is 10.9. The lowest BCUT2D eigenvalue weighted by molar-refractivity contribution is -0.109. The Labute approximate surface area is 98.9 Å². The summed E-state index contributed by atoms with van der Waals surface area (Å²) in [4.78, 5) is 11.0. The lowest BCUT2D eigenvalue weighted by Gasteiger charge is -2.21. The number of rotatable bonds is 3. The predicted molar refractivity (Wildman–Crippen MR) is 68.8 cm³/mol. The molecule has 1 heteroatoms. The van der Waals surface area contributed by atoms with Gasteiger partial charge in [0.05, 0.1) is 0 Å². The molecule has 0 N–H and O–H groups in total. The first-order chi connectivity index (χ1) is 7.36. The minimum atomic E-state index is 0.0222. The van der Waals surface area contributed by atoms with E-state index < -0.39 is 0 Å². The van der Waals surface area contributed by atoms with Crippen molar-refractivity contribution in [2.45, 2.75) is 46.0 Å². The van der Waals surface area contributed by atoms with Gasteiger partial charge >= 0.3 is 0 Å². The van der Waals surface area contributed by atoms with E-state index in [1.165, 1.54) is 5.56 Å². The molecule has 0 amide bonds. The average Bonchev–Trinajstić information content (AvgIpc) is 2.17. The SMILES string of the molecule is CC(C)C(C=O)c1ccc(C(C)(C)C)cc1. The van der Waals surface area contributed by atoms with Crippen molar-refractivity contribution < 1.29 is 4.79 Å². The normalized spacial score (nSPS) is 13.9. The van der Waals surface area contributed by atoms with E-state index in [-0.39, 0.29) is 11.3 Å². The van der Waals surface area contributed by atoms with Crippen LogP contribution in [0.25, 0.3) is 0 Å². The number of benzene rings is 1.